The number of aryl methyl sites for hydroxylation is 2. The number of carbonyl (C=O) groups is 1. The molecule has 1 aliphatic carbocycles. The summed E-state index contributed by atoms with van der Waals surface area (Å²) in [7, 11) is -3.32. The maximum absolute atomic E-state index is 12.8. The molecular weight excluding hydrogens is 362 g/mol. The maximum Gasteiger partial charge on any atom is 0.257 e. The Kier molecular flexibility index (Phi) is 4.39. The monoisotopic (exact) mass is 383 g/mol. The average molecular weight is 383 g/mol. The fourth-order valence-corrected chi connectivity index (χ4v) is 4.22. The predicted molar refractivity (Wildman–Crippen MR) is 108 cm³/mol. The van der Waals surface area contributed by atoms with Crippen LogP contribution < -0.4 is 10.0 Å². The molecule has 0 saturated heterocycles. The molecule has 0 radical (unpaired) electrons. The minimum atomic E-state index is -3.32. The largest absolute Gasteiger partial charge is 0.358 e. The number of aromatic nitrogens is 1. The van der Waals surface area contributed by atoms with Gasteiger partial charge in [0.2, 0.25) is 10.0 Å². The van der Waals surface area contributed by atoms with Crippen LogP contribution >= 0.6 is 0 Å². The van der Waals surface area contributed by atoms with Crippen LogP contribution in [0, 0.1) is 0 Å². The molecule has 0 fully saturated rings. The van der Waals surface area contributed by atoms with E-state index in [1.54, 1.807) is 24.3 Å². The first-order valence-electron chi connectivity index (χ1n) is 8.92. The Morgan fingerprint density at radius 1 is 1.00 bits per heavy atom. The molecule has 4 rings (SSSR count). The third kappa shape index (κ3) is 3.68. The first kappa shape index (κ1) is 17.6. The van der Waals surface area contributed by atoms with E-state index in [0.717, 1.165) is 30.0 Å². The Labute approximate surface area is 158 Å². The van der Waals surface area contributed by atoms with Crippen molar-refractivity contribution in [3.8, 4) is 0 Å². The molecule has 0 saturated carbocycles. The van der Waals surface area contributed by atoms with Crippen LogP contribution in [0.25, 0.3) is 10.9 Å². The van der Waals surface area contributed by atoms with Crippen LogP contribution in [0.2, 0.25) is 0 Å². The lowest BCUT2D eigenvalue weighted by molar-refractivity contribution is 0.102. The van der Waals surface area contributed by atoms with E-state index in [-0.39, 0.29) is 5.91 Å². The normalized spacial score (nSPS) is 14.0. The Bertz CT molecular complexity index is 1120. The molecule has 1 aromatic heterocycles. The Morgan fingerprint density at radius 3 is 2.44 bits per heavy atom. The smallest absolute Gasteiger partial charge is 0.257 e. The van der Waals surface area contributed by atoms with Gasteiger partial charge in [-0.3, -0.25) is 9.52 Å². The number of sulfonamides is 1. The number of nitrogens with one attached hydrogen (secondary N) is 3. The molecule has 1 heterocycles. The zero-order valence-electron chi connectivity index (χ0n) is 15.0. The van der Waals surface area contributed by atoms with E-state index in [1.165, 1.54) is 24.1 Å². The first-order valence-corrected chi connectivity index (χ1v) is 10.8. The maximum atomic E-state index is 12.8. The number of aromatic amines is 1. The lowest BCUT2D eigenvalue weighted by Crippen LogP contribution is -2.13. The Hall–Kier alpha value is -2.80. The Morgan fingerprint density at radius 2 is 1.70 bits per heavy atom. The number of H-pyrrole nitrogens is 1. The zero-order chi connectivity index (χ0) is 19.0. The van der Waals surface area contributed by atoms with Gasteiger partial charge in [0.25, 0.3) is 5.91 Å². The van der Waals surface area contributed by atoms with Crippen molar-refractivity contribution in [2.75, 3.05) is 16.3 Å². The third-order valence-electron chi connectivity index (χ3n) is 4.82. The van der Waals surface area contributed by atoms with Crippen molar-refractivity contribution in [3.05, 3.63) is 59.3 Å². The summed E-state index contributed by atoms with van der Waals surface area (Å²) in [6, 6.07) is 12.4. The van der Waals surface area contributed by atoms with Crippen molar-refractivity contribution in [1.82, 2.24) is 4.98 Å². The summed E-state index contributed by atoms with van der Waals surface area (Å²) in [6.45, 7) is 0. The number of amides is 1. The van der Waals surface area contributed by atoms with Crippen molar-refractivity contribution >= 4 is 38.2 Å². The summed E-state index contributed by atoms with van der Waals surface area (Å²) in [5.41, 5.74) is 5.13. The highest BCUT2D eigenvalue weighted by Gasteiger charge is 2.19. The van der Waals surface area contributed by atoms with Crippen LogP contribution in [0.15, 0.2) is 42.5 Å². The van der Waals surface area contributed by atoms with Gasteiger partial charge >= 0.3 is 0 Å². The Balaban J connectivity index is 1.59. The number of rotatable bonds is 4. The van der Waals surface area contributed by atoms with Crippen LogP contribution in [-0.2, 0) is 22.9 Å². The molecule has 6 nitrogen and oxygen atoms in total. The molecule has 0 spiro atoms. The quantitative estimate of drug-likeness (QED) is 0.642. The molecule has 0 unspecified atom stereocenters. The van der Waals surface area contributed by atoms with E-state index in [9.17, 15) is 13.2 Å². The van der Waals surface area contributed by atoms with Gasteiger partial charge in [0.15, 0.2) is 0 Å². The highest BCUT2D eigenvalue weighted by atomic mass is 32.2. The van der Waals surface area contributed by atoms with Crippen LogP contribution in [0.5, 0.6) is 0 Å². The van der Waals surface area contributed by atoms with Crippen LogP contribution in [0.1, 0.15) is 34.5 Å². The van der Waals surface area contributed by atoms with E-state index in [1.807, 2.05) is 12.1 Å². The van der Waals surface area contributed by atoms with Gasteiger partial charge in [0, 0.05) is 22.5 Å². The van der Waals surface area contributed by atoms with E-state index in [0.29, 0.717) is 16.9 Å². The summed E-state index contributed by atoms with van der Waals surface area (Å²) in [4.78, 5) is 16.3. The van der Waals surface area contributed by atoms with Gasteiger partial charge < -0.3 is 10.3 Å². The molecule has 7 heteroatoms. The van der Waals surface area contributed by atoms with Crippen LogP contribution in [-0.4, -0.2) is 25.6 Å². The number of hydrogen-bond donors (Lipinski definition) is 3. The summed E-state index contributed by atoms with van der Waals surface area (Å²) < 4.78 is 24.9. The van der Waals surface area contributed by atoms with Crippen molar-refractivity contribution < 1.29 is 13.2 Å². The molecular formula is C20H21N3O3S. The molecule has 0 aliphatic heterocycles. The molecule has 0 bridgehead atoms. The van der Waals surface area contributed by atoms with Crippen LogP contribution in [0.4, 0.5) is 11.4 Å². The molecule has 1 aliphatic rings. The second-order valence-corrected chi connectivity index (χ2v) is 8.67. The summed E-state index contributed by atoms with van der Waals surface area (Å²) in [6.07, 6.45) is 5.54. The first-order chi connectivity index (χ1) is 12.9. The number of para-hydroxylation sites is 1. The van der Waals surface area contributed by atoms with Crippen molar-refractivity contribution in [2.45, 2.75) is 25.7 Å². The molecule has 140 valence electrons. The van der Waals surface area contributed by atoms with E-state index in [2.05, 4.69) is 21.1 Å². The number of fused-ring (bicyclic) bond motifs is 3. The van der Waals surface area contributed by atoms with Gasteiger partial charge in [-0.15, -0.1) is 0 Å². The summed E-state index contributed by atoms with van der Waals surface area (Å²) >= 11 is 0. The van der Waals surface area contributed by atoms with E-state index >= 15 is 0 Å². The minimum Gasteiger partial charge on any atom is -0.358 e. The summed E-state index contributed by atoms with van der Waals surface area (Å²) in [5, 5.41) is 4.01. The third-order valence-corrected chi connectivity index (χ3v) is 5.43. The van der Waals surface area contributed by atoms with Crippen molar-refractivity contribution in [1.29, 1.82) is 0 Å². The van der Waals surface area contributed by atoms with Gasteiger partial charge in [0.05, 0.1) is 17.3 Å². The molecule has 2 aromatic carbocycles. The second kappa shape index (κ2) is 6.74. The SMILES string of the molecule is CS(=O)(=O)Nc1ccc(NC(=O)c2cccc3c4c([nH]c23)CCCC4)cc1. The van der Waals surface area contributed by atoms with E-state index in [4.69, 9.17) is 0 Å². The molecule has 27 heavy (non-hydrogen) atoms. The molecule has 3 aromatic rings. The van der Waals surface area contributed by atoms with Gasteiger partial charge in [-0.2, -0.15) is 0 Å². The average Bonchev–Trinajstić information content (AvgIpc) is 3.01. The van der Waals surface area contributed by atoms with Crippen molar-refractivity contribution in [3.63, 3.8) is 0 Å². The fourth-order valence-electron chi connectivity index (χ4n) is 3.65. The highest BCUT2D eigenvalue weighted by Crippen LogP contribution is 2.31. The highest BCUT2D eigenvalue weighted by molar-refractivity contribution is 7.92. The predicted octanol–water partition coefficient (Wildman–Crippen LogP) is 3.67. The topological polar surface area (TPSA) is 91.1 Å². The molecule has 3 N–H and O–H groups in total. The molecule has 1 amide bonds. The second-order valence-electron chi connectivity index (χ2n) is 6.92. The summed E-state index contributed by atoms with van der Waals surface area (Å²) in [5.74, 6) is -0.192. The number of benzene rings is 2. The lowest BCUT2D eigenvalue weighted by atomic mass is 9.95. The fraction of sp³-hybridized carbons (Fsp3) is 0.250. The number of anilines is 2. The van der Waals surface area contributed by atoms with Gasteiger partial charge in [-0.25, -0.2) is 8.42 Å². The number of carbonyl (C=O) groups excluding carboxylic acids is 1. The standard InChI is InChI=1S/C20H21N3O3S/c1-27(25,26)23-14-11-9-13(10-12-14)21-20(24)17-7-4-6-16-15-5-2-3-8-18(15)22-19(16)17/h4,6-7,9-12,22-23H,2-3,5,8H2,1H3,(H,21,24). The zero-order valence-corrected chi connectivity index (χ0v) is 15.8. The molecule has 0 atom stereocenters. The lowest BCUT2D eigenvalue weighted by Gasteiger charge is -2.10. The van der Waals surface area contributed by atoms with Crippen LogP contribution in [0.3, 0.4) is 0 Å². The minimum absolute atomic E-state index is 0.192. The van der Waals surface area contributed by atoms with Gasteiger partial charge in [-0.05, 0) is 61.6 Å². The van der Waals surface area contributed by atoms with Gasteiger partial charge in [0.1, 0.15) is 0 Å². The van der Waals surface area contributed by atoms with Crippen molar-refractivity contribution in [2.24, 2.45) is 0 Å². The van der Waals surface area contributed by atoms with E-state index < -0.39 is 10.0 Å². The van der Waals surface area contributed by atoms with Gasteiger partial charge in [-0.1, -0.05) is 12.1 Å². The number of hydrogen-bond acceptors (Lipinski definition) is 3.